The monoisotopic (exact) mass is 173 g/mol. The molecular weight excluding hydrogens is 162 g/mol. The van der Waals surface area contributed by atoms with Crippen LogP contribution in [0.2, 0.25) is 5.02 Å². The van der Waals surface area contributed by atoms with Gasteiger partial charge < -0.3 is 4.90 Å². The highest BCUT2D eigenvalue weighted by Crippen LogP contribution is 2.22. The lowest BCUT2D eigenvalue weighted by molar-refractivity contribution is 0.315. The second-order valence-corrected chi connectivity index (χ2v) is 3.18. The van der Waals surface area contributed by atoms with Gasteiger partial charge in [0.2, 0.25) is 0 Å². The Bertz CT molecular complexity index is 231. The highest BCUT2D eigenvalue weighted by atomic mass is 35.5. The van der Waals surface area contributed by atoms with Crippen molar-refractivity contribution in [1.82, 2.24) is 15.1 Å². The first-order valence-corrected chi connectivity index (χ1v) is 3.86. The van der Waals surface area contributed by atoms with E-state index in [-0.39, 0.29) is 6.04 Å². The number of aromatic amines is 1. The number of rotatable bonds is 2. The van der Waals surface area contributed by atoms with E-state index in [0.29, 0.717) is 5.02 Å². The molecule has 11 heavy (non-hydrogen) atoms. The normalized spacial score (nSPS) is 13.9. The largest absolute Gasteiger partial charge is 0.301 e. The summed E-state index contributed by atoms with van der Waals surface area (Å²) in [5, 5.41) is 7.40. The fraction of sp³-hybridized carbons (Fsp3) is 0.571. The Balaban J connectivity index is 2.84. The number of H-pyrrole nitrogens is 1. The lowest BCUT2D eigenvalue weighted by atomic mass is 10.2. The molecule has 0 aliphatic rings. The summed E-state index contributed by atoms with van der Waals surface area (Å²) < 4.78 is 0. The number of nitrogens with zero attached hydrogens (tertiary/aromatic N) is 2. The molecule has 1 aromatic rings. The molecule has 1 atom stereocenters. The van der Waals surface area contributed by atoms with E-state index < -0.39 is 0 Å². The van der Waals surface area contributed by atoms with Crippen LogP contribution in [0.15, 0.2) is 6.20 Å². The van der Waals surface area contributed by atoms with E-state index in [9.17, 15) is 0 Å². The second-order valence-electron chi connectivity index (χ2n) is 2.77. The van der Waals surface area contributed by atoms with Crippen molar-refractivity contribution in [3.63, 3.8) is 0 Å². The molecule has 0 saturated carbocycles. The molecule has 0 radical (unpaired) electrons. The predicted molar refractivity (Wildman–Crippen MR) is 45.7 cm³/mol. The van der Waals surface area contributed by atoms with Gasteiger partial charge in [-0.05, 0) is 21.0 Å². The van der Waals surface area contributed by atoms with Crippen LogP contribution < -0.4 is 0 Å². The summed E-state index contributed by atoms with van der Waals surface area (Å²) in [6.45, 7) is 2.07. The van der Waals surface area contributed by atoms with Crippen LogP contribution in [0.25, 0.3) is 0 Å². The van der Waals surface area contributed by atoms with Gasteiger partial charge in [-0.15, -0.1) is 0 Å². The molecule has 0 aromatic carbocycles. The molecule has 0 saturated heterocycles. The van der Waals surface area contributed by atoms with Crippen molar-refractivity contribution in [2.24, 2.45) is 0 Å². The standard InChI is InChI=1S/C7H12ClN3/c1-5(11(2)3)7-6(8)4-9-10-7/h4-5H,1-3H3,(H,9,10). The van der Waals surface area contributed by atoms with Crippen LogP contribution in [0.3, 0.4) is 0 Å². The van der Waals surface area contributed by atoms with Gasteiger partial charge in [-0.1, -0.05) is 11.6 Å². The summed E-state index contributed by atoms with van der Waals surface area (Å²) in [7, 11) is 4.00. The molecule has 0 spiro atoms. The molecule has 3 nitrogen and oxygen atoms in total. The van der Waals surface area contributed by atoms with E-state index in [1.807, 2.05) is 14.1 Å². The Morgan fingerprint density at radius 1 is 1.64 bits per heavy atom. The molecule has 62 valence electrons. The highest BCUT2D eigenvalue weighted by Gasteiger charge is 2.12. The Hall–Kier alpha value is -0.540. The molecule has 4 heteroatoms. The van der Waals surface area contributed by atoms with E-state index >= 15 is 0 Å². The van der Waals surface area contributed by atoms with Crippen LogP contribution in [-0.2, 0) is 0 Å². The minimum absolute atomic E-state index is 0.282. The quantitative estimate of drug-likeness (QED) is 0.738. The molecule has 1 aromatic heterocycles. The molecule has 1 N–H and O–H groups in total. The van der Waals surface area contributed by atoms with Gasteiger partial charge >= 0.3 is 0 Å². The van der Waals surface area contributed by atoms with Crippen molar-refractivity contribution < 1.29 is 0 Å². The van der Waals surface area contributed by atoms with Gasteiger partial charge in [0.25, 0.3) is 0 Å². The molecule has 0 aliphatic heterocycles. The first-order chi connectivity index (χ1) is 5.13. The Kier molecular flexibility index (Phi) is 2.52. The molecule has 0 fully saturated rings. The summed E-state index contributed by atoms with van der Waals surface area (Å²) in [5.41, 5.74) is 0.969. The minimum Gasteiger partial charge on any atom is -0.301 e. The molecule has 0 bridgehead atoms. The summed E-state index contributed by atoms with van der Waals surface area (Å²) in [6.07, 6.45) is 1.62. The van der Waals surface area contributed by atoms with Crippen LogP contribution in [-0.4, -0.2) is 29.2 Å². The Morgan fingerprint density at radius 3 is 2.64 bits per heavy atom. The van der Waals surface area contributed by atoms with Crippen molar-refractivity contribution >= 4 is 11.6 Å². The molecular formula is C7H12ClN3. The lowest BCUT2D eigenvalue weighted by Crippen LogP contribution is -2.17. The van der Waals surface area contributed by atoms with Gasteiger partial charge in [0.15, 0.2) is 0 Å². The topological polar surface area (TPSA) is 31.9 Å². The fourth-order valence-electron chi connectivity index (χ4n) is 0.833. The van der Waals surface area contributed by atoms with Crippen molar-refractivity contribution in [3.8, 4) is 0 Å². The van der Waals surface area contributed by atoms with Crippen LogP contribution in [0.4, 0.5) is 0 Å². The zero-order valence-corrected chi connectivity index (χ0v) is 7.68. The van der Waals surface area contributed by atoms with Crippen LogP contribution in [0.5, 0.6) is 0 Å². The Morgan fingerprint density at radius 2 is 2.27 bits per heavy atom. The average molecular weight is 174 g/mol. The smallest absolute Gasteiger partial charge is 0.0831 e. The van der Waals surface area contributed by atoms with Gasteiger partial charge in [-0.25, -0.2) is 0 Å². The summed E-state index contributed by atoms with van der Waals surface area (Å²) in [5.74, 6) is 0. The molecule has 0 amide bonds. The number of nitrogens with one attached hydrogen (secondary N) is 1. The van der Waals surface area contributed by atoms with E-state index in [4.69, 9.17) is 11.6 Å². The first kappa shape index (κ1) is 8.56. The zero-order valence-electron chi connectivity index (χ0n) is 6.93. The fourth-order valence-corrected chi connectivity index (χ4v) is 1.08. The summed E-state index contributed by atoms with van der Waals surface area (Å²) in [4.78, 5) is 2.07. The van der Waals surface area contributed by atoms with Gasteiger partial charge in [-0.2, -0.15) is 5.10 Å². The maximum absolute atomic E-state index is 5.86. The molecule has 1 rings (SSSR count). The lowest BCUT2D eigenvalue weighted by Gasteiger charge is -2.18. The number of aromatic nitrogens is 2. The molecule has 0 aliphatic carbocycles. The number of halogens is 1. The summed E-state index contributed by atoms with van der Waals surface area (Å²) in [6, 6.07) is 0.282. The summed E-state index contributed by atoms with van der Waals surface area (Å²) >= 11 is 5.86. The van der Waals surface area contributed by atoms with Crippen LogP contribution in [0, 0.1) is 0 Å². The van der Waals surface area contributed by atoms with Crippen LogP contribution in [0.1, 0.15) is 18.7 Å². The highest BCUT2D eigenvalue weighted by molar-refractivity contribution is 6.31. The zero-order chi connectivity index (χ0) is 8.43. The minimum atomic E-state index is 0.282. The molecule has 1 unspecified atom stereocenters. The third-order valence-corrected chi connectivity index (χ3v) is 2.11. The van der Waals surface area contributed by atoms with Gasteiger partial charge in [0, 0.05) is 6.04 Å². The van der Waals surface area contributed by atoms with Crippen molar-refractivity contribution in [2.75, 3.05) is 14.1 Å². The third-order valence-electron chi connectivity index (χ3n) is 1.81. The SMILES string of the molecule is CC(c1[nH]ncc1Cl)N(C)C. The maximum Gasteiger partial charge on any atom is 0.0831 e. The molecule has 1 heterocycles. The van der Waals surface area contributed by atoms with E-state index in [0.717, 1.165) is 5.69 Å². The number of hydrogen-bond acceptors (Lipinski definition) is 2. The second kappa shape index (κ2) is 3.24. The van der Waals surface area contributed by atoms with Crippen molar-refractivity contribution in [1.29, 1.82) is 0 Å². The van der Waals surface area contributed by atoms with Crippen molar-refractivity contribution in [2.45, 2.75) is 13.0 Å². The number of hydrogen-bond donors (Lipinski definition) is 1. The Labute approximate surface area is 71.4 Å². The maximum atomic E-state index is 5.86. The van der Waals surface area contributed by atoms with E-state index in [2.05, 4.69) is 22.0 Å². The average Bonchev–Trinajstić information content (AvgIpc) is 2.33. The van der Waals surface area contributed by atoms with Gasteiger partial charge in [-0.3, -0.25) is 5.10 Å². The van der Waals surface area contributed by atoms with Gasteiger partial charge in [0.1, 0.15) is 0 Å². The van der Waals surface area contributed by atoms with Crippen molar-refractivity contribution in [3.05, 3.63) is 16.9 Å². The van der Waals surface area contributed by atoms with Gasteiger partial charge in [0.05, 0.1) is 16.9 Å². The predicted octanol–water partition coefficient (Wildman–Crippen LogP) is 1.69. The van der Waals surface area contributed by atoms with Crippen LogP contribution >= 0.6 is 11.6 Å². The third kappa shape index (κ3) is 1.73. The first-order valence-electron chi connectivity index (χ1n) is 3.48. The van der Waals surface area contributed by atoms with E-state index in [1.165, 1.54) is 0 Å². The van der Waals surface area contributed by atoms with E-state index in [1.54, 1.807) is 6.20 Å².